The molecule has 2 aromatic carbocycles. The zero-order valence-corrected chi connectivity index (χ0v) is 19.2. The molecule has 1 amide bonds. The van der Waals surface area contributed by atoms with Crippen LogP contribution in [0.3, 0.4) is 0 Å². The Bertz CT molecular complexity index is 1160. The van der Waals surface area contributed by atoms with Crippen molar-refractivity contribution < 1.29 is 24.0 Å². The zero-order valence-electron chi connectivity index (χ0n) is 19.2. The Labute approximate surface area is 196 Å². The van der Waals surface area contributed by atoms with E-state index in [1.807, 2.05) is 31.2 Å². The molecular weight excluding hydrogens is 440 g/mol. The van der Waals surface area contributed by atoms with E-state index < -0.39 is 10.9 Å². The Kier molecular flexibility index (Phi) is 7.96. The summed E-state index contributed by atoms with van der Waals surface area (Å²) in [5.41, 5.74) is 2.47. The number of carbonyl (C=O) groups is 2. The second kappa shape index (κ2) is 11.1. The van der Waals surface area contributed by atoms with Gasteiger partial charge in [0.05, 0.1) is 29.5 Å². The number of hydrogen-bond donors (Lipinski definition) is 1. The van der Waals surface area contributed by atoms with Gasteiger partial charge in [0.25, 0.3) is 11.6 Å². The number of hydrogen-bond acceptors (Lipinski definition) is 7. The predicted octanol–water partition coefficient (Wildman–Crippen LogP) is 3.78. The minimum absolute atomic E-state index is 0.0619. The lowest BCUT2D eigenvalue weighted by atomic mass is 10.1. The van der Waals surface area contributed by atoms with Gasteiger partial charge in [-0.05, 0) is 43.5 Å². The average molecular weight is 466 g/mol. The number of carbonyl (C=O) groups excluding carboxylic acids is 2. The van der Waals surface area contributed by atoms with Crippen molar-refractivity contribution in [1.82, 2.24) is 15.1 Å². The first-order chi connectivity index (χ1) is 16.3. The number of nitro groups is 1. The van der Waals surface area contributed by atoms with E-state index in [2.05, 4.69) is 17.3 Å². The Balaban J connectivity index is 1.72. The van der Waals surface area contributed by atoms with Crippen molar-refractivity contribution in [2.24, 2.45) is 0 Å². The average Bonchev–Trinajstić information content (AvgIpc) is 3.27. The molecule has 3 aromatic rings. The SMILES string of the molecule is CCOC(=O)c1nn(-c2ccc([N+](=O)[O-])cc2)cc1OCC(=O)NC(C)c1ccc(CC)cc1. The maximum absolute atomic E-state index is 12.5. The number of rotatable bonds is 10. The second-order valence-electron chi connectivity index (χ2n) is 7.45. The molecule has 1 atom stereocenters. The van der Waals surface area contributed by atoms with Crippen LogP contribution in [0, 0.1) is 10.1 Å². The van der Waals surface area contributed by atoms with Crippen molar-refractivity contribution in [3.8, 4) is 11.4 Å². The summed E-state index contributed by atoms with van der Waals surface area (Å²) in [5, 5.41) is 17.9. The standard InChI is InChI=1S/C24H26N4O6/c1-4-17-6-8-18(9-7-17)16(3)25-22(29)15-34-21-14-27(26-23(21)24(30)33-5-2)19-10-12-20(13-11-19)28(31)32/h6-14,16H,4-5,15H2,1-3H3,(H,25,29). The molecule has 0 fully saturated rings. The molecule has 10 nitrogen and oxygen atoms in total. The molecule has 0 aliphatic heterocycles. The highest BCUT2D eigenvalue weighted by Crippen LogP contribution is 2.22. The molecule has 0 aliphatic rings. The van der Waals surface area contributed by atoms with Gasteiger partial charge in [0.15, 0.2) is 12.4 Å². The van der Waals surface area contributed by atoms with Gasteiger partial charge in [0.2, 0.25) is 5.69 Å². The molecular formula is C24H26N4O6. The maximum atomic E-state index is 12.5. The molecule has 0 saturated heterocycles. The molecule has 3 rings (SSSR count). The molecule has 0 spiro atoms. The Morgan fingerprint density at radius 2 is 1.79 bits per heavy atom. The van der Waals surface area contributed by atoms with Gasteiger partial charge in [-0.3, -0.25) is 14.9 Å². The zero-order chi connectivity index (χ0) is 24.7. The van der Waals surface area contributed by atoms with E-state index in [9.17, 15) is 19.7 Å². The van der Waals surface area contributed by atoms with Crippen molar-refractivity contribution in [3.05, 3.63) is 81.7 Å². The summed E-state index contributed by atoms with van der Waals surface area (Å²) in [4.78, 5) is 35.2. The Morgan fingerprint density at radius 1 is 1.12 bits per heavy atom. The Hall–Kier alpha value is -4.21. The van der Waals surface area contributed by atoms with Crippen LogP contribution >= 0.6 is 0 Å². The summed E-state index contributed by atoms with van der Waals surface area (Å²) in [7, 11) is 0. The summed E-state index contributed by atoms with van der Waals surface area (Å²) in [6.45, 7) is 5.41. The van der Waals surface area contributed by atoms with Crippen molar-refractivity contribution in [2.75, 3.05) is 13.2 Å². The monoisotopic (exact) mass is 466 g/mol. The van der Waals surface area contributed by atoms with Crippen LogP contribution in [-0.2, 0) is 16.0 Å². The van der Waals surface area contributed by atoms with Crippen LogP contribution < -0.4 is 10.1 Å². The highest BCUT2D eigenvalue weighted by atomic mass is 16.6. The van der Waals surface area contributed by atoms with Gasteiger partial charge in [0.1, 0.15) is 0 Å². The lowest BCUT2D eigenvalue weighted by Crippen LogP contribution is -2.31. The van der Waals surface area contributed by atoms with E-state index in [1.165, 1.54) is 40.7 Å². The normalized spacial score (nSPS) is 11.5. The van der Waals surface area contributed by atoms with Crippen LogP contribution in [0.2, 0.25) is 0 Å². The molecule has 34 heavy (non-hydrogen) atoms. The van der Waals surface area contributed by atoms with E-state index in [0.717, 1.165) is 12.0 Å². The van der Waals surface area contributed by atoms with Crippen molar-refractivity contribution in [1.29, 1.82) is 0 Å². The van der Waals surface area contributed by atoms with Gasteiger partial charge in [-0.1, -0.05) is 31.2 Å². The predicted molar refractivity (Wildman–Crippen MR) is 124 cm³/mol. The van der Waals surface area contributed by atoms with Gasteiger partial charge >= 0.3 is 5.97 Å². The third-order valence-electron chi connectivity index (χ3n) is 5.10. The molecule has 1 N–H and O–H groups in total. The molecule has 10 heteroatoms. The van der Waals surface area contributed by atoms with Crippen LogP contribution in [-0.4, -0.2) is 39.8 Å². The van der Waals surface area contributed by atoms with Crippen LogP contribution in [0.15, 0.2) is 54.7 Å². The summed E-state index contributed by atoms with van der Waals surface area (Å²) in [5.74, 6) is -1.01. The number of aryl methyl sites for hydroxylation is 1. The minimum atomic E-state index is -0.706. The van der Waals surface area contributed by atoms with Crippen molar-refractivity contribution >= 4 is 17.6 Å². The molecule has 178 valence electrons. The van der Waals surface area contributed by atoms with Gasteiger partial charge in [-0.25, -0.2) is 9.48 Å². The molecule has 0 saturated carbocycles. The molecule has 0 aliphatic carbocycles. The van der Waals surface area contributed by atoms with Crippen molar-refractivity contribution in [2.45, 2.75) is 33.2 Å². The van der Waals surface area contributed by atoms with E-state index in [0.29, 0.717) is 5.69 Å². The molecule has 1 unspecified atom stereocenters. The first kappa shape index (κ1) is 24.4. The maximum Gasteiger partial charge on any atom is 0.362 e. The largest absolute Gasteiger partial charge is 0.480 e. The number of nitrogens with zero attached hydrogens (tertiary/aromatic N) is 3. The fourth-order valence-electron chi connectivity index (χ4n) is 3.22. The highest BCUT2D eigenvalue weighted by Gasteiger charge is 2.22. The summed E-state index contributed by atoms with van der Waals surface area (Å²) >= 11 is 0. The van der Waals surface area contributed by atoms with E-state index in [4.69, 9.17) is 9.47 Å². The summed E-state index contributed by atoms with van der Waals surface area (Å²) in [6.07, 6.45) is 2.36. The number of esters is 1. The number of nitrogens with one attached hydrogen (secondary N) is 1. The molecule has 0 radical (unpaired) electrons. The number of non-ortho nitro benzene ring substituents is 1. The lowest BCUT2D eigenvalue weighted by molar-refractivity contribution is -0.384. The quantitative estimate of drug-likeness (QED) is 0.274. The lowest BCUT2D eigenvalue weighted by Gasteiger charge is -2.15. The van der Waals surface area contributed by atoms with E-state index in [1.54, 1.807) is 6.92 Å². The number of benzene rings is 2. The van der Waals surface area contributed by atoms with Gasteiger partial charge < -0.3 is 14.8 Å². The minimum Gasteiger partial charge on any atom is -0.480 e. The highest BCUT2D eigenvalue weighted by molar-refractivity contribution is 5.90. The third-order valence-corrected chi connectivity index (χ3v) is 5.10. The first-order valence-corrected chi connectivity index (χ1v) is 10.8. The van der Waals surface area contributed by atoms with Gasteiger partial charge in [0, 0.05) is 12.1 Å². The first-order valence-electron chi connectivity index (χ1n) is 10.8. The second-order valence-corrected chi connectivity index (χ2v) is 7.45. The van der Waals surface area contributed by atoms with Crippen LogP contribution in [0.25, 0.3) is 5.69 Å². The van der Waals surface area contributed by atoms with E-state index >= 15 is 0 Å². The fraction of sp³-hybridized carbons (Fsp3) is 0.292. The number of aromatic nitrogens is 2. The van der Waals surface area contributed by atoms with E-state index in [-0.39, 0.29) is 42.3 Å². The smallest absolute Gasteiger partial charge is 0.362 e. The molecule has 1 aromatic heterocycles. The summed E-state index contributed by atoms with van der Waals surface area (Å²) in [6, 6.07) is 13.4. The number of ether oxygens (including phenoxy) is 2. The number of nitro benzene ring substituents is 1. The van der Waals surface area contributed by atoms with Crippen LogP contribution in [0.1, 0.15) is 48.4 Å². The number of amides is 1. The van der Waals surface area contributed by atoms with Gasteiger partial charge in [-0.15, -0.1) is 0 Å². The topological polar surface area (TPSA) is 126 Å². The third kappa shape index (κ3) is 5.97. The van der Waals surface area contributed by atoms with Crippen molar-refractivity contribution in [3.63, 3.8) is 0 Å². The summed E-state index contributed by atoms with van der Waals surface area (Å²) < 4.78 is 12.0. The fourth-order valence-corrected chi connectivity index (χ4v) is 3.22. The van der Waals surface area contributed by atoms with Crippen LogP contribution in [0.5, 0.6) is 5.75 Å². The molecule has 0 bridgehead atoms. The van der Waals surface area contributed by atoms with Crippen LogP contribution in [0.4, 0.5) is 5.69 Å². The Morgan fingerprint density at radius 3 is 2.38 bits per heavy atom. The van der Waals surface area contributed by atoms with Gasteiger partial charge in [-0.2, -0.15) is 5.10 Å². The molecule has 1 heterocycles.